The van der Waals surface area contributed by atoms with Gasteiger partial charge in [0.2, 0.25) is 0 Å². The number of rotatable bonds is 9. The molecule has 1 heterocycles. The second-order valence-electron chi connectivity index (χ2n) is 6.82. The Balaban J connectivity index is 1.74. The van der Waals surface area contributed by atoms with Crippen LogP contribution in [0.2, 0.25) is 0 Å². The summed E-state index contributed by atoms with van der Waals surface area (Å²) in [6.07, 6.45) is 10.4. The second-order valence-corrected chi connectivity index (χ2v) is 6.82. The number of hydrazine groups is 1. The van der Waals surface area contributed by atoms with Gasteiger partial charge in [-0.2, -0.15) is 0 Å². The number of unbranched alkanes of at least 4 members (excludes halogenated alkanes) is 5. The lowest BCUT2D eigenvalue weighted by Crippen LogP contribution is -2.44. The first-order valence-corrected chi connectivity index (χ1v) is 9.06. The van der Waals surface area contributed by atoms with Gasteiger partial charge in [0.25, 0.3) is 0 Å². The lowest BCUT2D eigenvalue weighted by atomic mass is 9.99. The van der Waals surface area contributed by atoms with Gasteiger partial charge in [-0.05, 0) is 37.0 Å². The van der Waals surface area contributed by atoms with E-state index in [2.05, 4.69) is 48.5 Å². The Hall–Kier alpha value is -1.06. The third kappa shape index (κ3) is 4.99. The highest BCUT2D eigenvalue weighted by Crippen LogP contribution is 2.22. The number of nitrogens with two attached hydrogens (primary N) is 1. The van der Waals surface area contributed by atoms with E-state index in [1.165, 1.54) is 56.2 Å². The summed E-state index contributed by atoms with van der Waals surface area (Å²) in [7, 11) is 0. The van der Waals surface area contributed by atoms with Gasteiger partial charge < -0.3 is 10.7 Å². The van der Waals surface area contributed by atoms with Gasteiger partial charge in [-0.1, -0.05) is 58.1 Å². The lowest BCUT2D eigenvalue weighted by molar-refractivity contribution is 0.478. The molecule has 0 aliphatic carbocycles. The Morgan fingerprint density at radius 1 is 1.05 bits per heavy atom. The molecule has 0 aromatic heterocycles. The van der Waals surface area contributed by atoms with Crippen LogP contribution in [0.5, 0.6) is 0 Å². The van der Waals surface area contributed by atoms with Gasteiger partial charge in [-0.15, -0.1) is 0 Å². The minimum absolute atomic E-state index is 0.0862. The smallest absolute Gasteiger partial charge is 0.0538 e. The van der Waals surface area contributed by atoms with Crippen molar-refractivity contribution in [1.82, 2.24) is 5.43 Å². The predicted molar refractivity (Wildman–Crippen MR) is 96.1 cm³/mol. The molecule has 0 radical (unpaired) electrons. The van der Waals surface area contributed by atoms with Gasteiger partial charge in [0, 0.05) is 12.1 Å². The summed E-state index contributed by atoms with van der Waals surface area (Å²) in [5.41, 5.74) is 12.3. The molecule has 0 bridgehead atoms. The molecule has 1 fully saturated rings. The first kappa shape index (κ1) is 17.3. The van der Waals surface area contributed by atoms with Gasteiger partial charge in [0.15, 0.2) is 0 Å². The van der Waals surface area contributed by atoms with Gasteiger partial charge in [-0.3, -0.25) is 0 Å². The van der Waals surface area contributed by atoms with Crippen LogP contribution in [0.4, 0.5) is 5.69 Å². The molecule has 2 rings (SSSR count). The SMILES string of the molecule is CCCCCCCCc1ccc(N2CC(N)(CC)CN2)cc1. The van der Waals surface area contributed by atoms with Crippen LogP contribution in [-0.4, -0.2) is 18.6 Å². The summed E-state index contributed by atoms with van der Waals surface area (Å²) in [6.45, 7) is 6.18. The highest BCUT2D eigenvalue weighted by atomic mass is 15.5. The van der Waals surface area contributed by atoms with Crippen molar-refractivity contribution in [2.24, 2.45) is 5.73 Å². The molecular weight excluding hydrogens is 270 g/mol. The summed E-state index contributed by atoms with van der Waals surface area (Å²) < 4.78 is 0. The molecule has 1 aromatic rings. The van der Waals surface area contributed by atoms with Crippen molar-refractivity contribution in [3.8, 4) is 0 Å². The average Bonchev–Trinajstić information content (AvgIpc) is 2.94. The third-order valence-electron chi connectivity index (χ3n) is 4.87. The predicted octanol–water partition coefficient (Wildman–Crippen LogP) is 4.02. The largest absolute Gasteiger partial charge is 0.322 e. The lowest BCUT2D eigenvalue weighted by Gasteiger charge is -2.22. The van der Waals surface area contributed by atoms with E-state index in [1.807, 2.05) is 0 Å². The molecule has 0 saturated carbocycles. The van der Waals surface area contributed by atoms with Gasteiger partial charge in [0.05, 0.1) is 12.2 Å². The molecule has 22 heavy (non-hydrogen) atoms. The first-order chi connectivity index (χ1) is 10.7. The van der Waals surface area contributed by atoms with Crippen LogP contribution in [0.1, 0.15) is 64.4 Å². The van der Waals surface area contributed by atoms with E-state index in [-0.39, 0.29) is 5.54 Å². The fourth-order valence-electron chi connectivity index (χ4n) is 3.05. The molecule has 0 amide bonds. The number of anilines is 1. The summed E-state index contributed by atoms with van der Waals surface area (Å²) in [4.78, 5) is 0. The molecule has 1 saturated heterocycles. The fraction of sp³-hybridized carbons (Fsp3) is 0.684. The Bertz CT molecular complexity index is 429. The topological polar surface area (TPSA) is 41.3 Å². The average molecular weight is 303 g/mol. The van der Waals surface area contributed by atoms with E-state index in [9.17, 15) is 0 Å². The quantitative estimate of drug-likeness (QED) is 0.677. The van der Waals surface area contributed by atoms with Crippen LogP contribution in [0, 0.1) is 0 Å². The number of nitrogens with zero attached hydrogens (tertiary/aromatic N) is 1. The highest BCUT2D eigenvalue weighted by molar-refractivity contribution is 5.48. The zero-order valence-electron chi connectivity index (χ0n) is 14.4. The maximum absolute atomic E-state index is 6.33. The molecule has 3 nitrogen and oxygen atoms in total. The monoisotopic (exact) mass is 303 g/mol. The molecule has 1 aromatic carbocycles. The zero-order valence-corrected chi connectivity index (χ0v) is 14.4. The van der Waals surface area contributed by atoms with Crippen LogP contribution in [0.3, 0.4) is 0 Å². The Morgan fingerprint density at radius 2 is 1.73 bits per heavy atom. The molecule has 1 unspecified atom stereocenters. The van der Waals surface area contributed by atoms with E-state index >= 15 is 0 Å². The van der Waals surface area contributed by atoms with Crippen LogP contribution in [0.25, 0.3) is 0 Å². The van der Waals surface area contributed by atoms with E-state index in [4.69, 9.17) is 5.73 Å². The van der Waals surface area contributed by atoms with Crippen molar-refractivity contribution in [2.75, 3.05) is 18.1 Å². The molecule has 0 spiro atoms. The summed E-state index contributed by atoms with van der Waals surface area (Å²) in [5.74, 6) is 0. The van der Waals surface area contributed by atoms with Crippen LogP contribution in [-0.2, 0) is 6.42 Å². The maximum Gasteiger partial charge on any atom is 0.0538 e. The molecular formula is C19H33N3. The first-order valence-electron chi connectivity index (χ1n) is 9.06. The van der Waals surface area contributed by atoms with Crippen molar-refractivity contribution in [2.45, 2.75) is 70.8 Å². The zero-order chi connectivity index (χ0) is 15.8. The van der Waals surface area contributed by atoms with Gasteiger partial charge in [-0.25, -0.2) is 5.43 Å². The summed E-state index contributed by atoms with van der Waals surface area (Å²) >= 11 is 0. The number of hydrogen-bond donors (Lipinski definition) is 2. The maximum atomic E-state index is 6.33. The van der Waals surface area contributed by atoms with E-state index < -0.39 is 0 Å². The number of hydrogen-bond acceptors (Lipinski definition) is 3. The summed E-state index contributed by atoms with van der Waals surface area (Å²) in [6, 6.07) is 8.98. The van der Waals surface area contributed by atoms with E-state index in [0.717, 1.165) is 19.5 Å². The number of aryl methyl sites for hydroxylation is 1. The van der Waals surface area contributed by atoms with Crippen molar-refractivity contribution in [3.05, 3.63) is 29.8 Å². The molecule has 3 N–H and O–H groups in total. The Kier molecular flexibility index (Phi) is 6.71. The van der Waals surface area contributed by atoms with Gasteiger partial charge >= 0.3 is 0 Å². The normalized spacial score (nSPS) is 21.5. The molecule has 124 valence electrons. The van der Waals surface area contributed by atoms with Crippen molar-refractivity contribution < 1.29 is 0 Å². The summed E-state index contributed by atoms with van der Waals surface area (Å²) in [5, 5.41) is 2.19. The number of benzene rings is 1. The Morgan fingerprint density at radius 3 is 2.36 bits per heavy atom. The minimum Gasteiger partial charge on any atom is -0.322 e. The fourth-order valence-corrected chi connectivity index (χ4v) is 3.05. The van der Waals surface area contributed by atoms with Crippen LogP contribution in [0.15, 0.2) is 24.3 Å². The van der Waals surface area contributed by atoms with Crippen LogP contribution >= 0.6 is 0 Å². The van der Waals surface area contributed by atoms with Crippen LogP contribution < -0.4 is 16.2 Å². The highest BCUT2D eigenvalue weighted by Gasteiger charge is 2.32. The minimum atomic E-state index is -0.0862. The van der Waals surface area contributed by atoms with Crippen molar-refractivity contribution in [3.63, 3.8) is 0 Å². The second kappa shape index (κ2) is 8.54. The molecule has 1 aliphatic rings. The molecule has 3 heteroatoms. The standard InChI is InChI=1S/C19H33N3/c1-3-5-6-7-8-9-10-17-11-13-18(14-12-17)22-16-19(20,4-2)15-21-22/h11-14,21H,3-10,15-16,20H2,1-2H3. The van der Waals surface area contributed by atoms with E-state index in [0.29, 0.717) is 0 Å². The van der Waals surface area contributed by atoms with Gasteiger partial charge in [0.1, 0.15) is 0 Å². The molecule has 1 aliphatic heterocycles. The van der Waals surface area contributed by atoms with Crippen molar-refractivity contribution in [1.29, 1.82) is 0 Å². The Labute approximate surface area is 136 Å². The van der Waals surface area contributed by atoms with E-state index in [1.54, 1.807) is 0 Å². The molecule has 1 atom stereocenters. The van der Waals surface area contributed by atoms with Crippen molar-refractivity contribution >= 4 is 5.69 Å². The third-order valence-corrected chi connectivity index (χ3v) is 4.87. The number of nitrogens with one attached hydrogen (secondary N) is 1.